The fraction of sp³-hybridized carbons (Fsp3) is 0.250. The second-order valence-corrected chi connectivity index (χ2v) is 5.16. The number of rotatable bonds is 2. The van der Waals surface area contributed by atoms with Gasteiger partial charge in [0.05, 0.1) is 6.21 Å². The lowest BCUT2D eigenvalue weighted by Crippen LogP contribution is -2.19. The van der Waals surface area contributed by atoms with E-state index in [0.717, 1.165) is 22.3 Å². The third-order valence-corrected chi connectivity index (χ3v) is 3.22. The van der Waals surface area contributed by atoms with Gasteiger partial charge in [0.15, 0.2) is 0 Å². The molecule has 104 valence electrons. The fourth-order valence-corrected chi connectivity index (χ4v) is 2.35. The molecule has 1 aromatic carbocycles. The molecule has 0 saturated carbocycles. The number of hydrogen-bond donors (Lipinski definition) is 1. The van der Waals surface area contributed by atoms with Crippen molar-refractivity contribution in [3.8, 4) is 0 Å². The SMILES string of the molecule is Cc1cc(C)c(C=Nn2c(N)cc(C)cc2=O)c(C)c1. The van der Waals surface area contributed by atoms with Crippen LogP contribution in [0.4, 0.5) is 5.82 Å². The molecule has 0 amide bonds. The largest absolute Gasteiger partial charge is 0.384 e. The van der Waals surface area contributed by atoms with Gasteiger partial charge in [-0.05, 0) is 50.5 Å². The van der Waals surface area contributed by atoms with E-state index in [1.165, 1.54) is 16.3 Å². The summed E-state index contributed by atoms with van der Waals surface area (Å²) in [6.07, 6.45) is 1.69. The van der Waals surface area contributed by atoms with Gasteiger partial charge in [-0.2, -0.15) is 9.78 Å². The standard InChI is InChI=1S/C16H19N3O/c1-10-5-12(3)14(13(4)6-10)9-18-19-15(17)7-11(2)8-16(19)20/h5-9H,17H2,1-4H3. The van der Waals surface area contributed by atoms with Crippen molar-refractivity contribution < 1.29 is 0 Å². The minimum absolute atomic E-state index is 0.221. The van der Waals surface area contributed by atoms with Crippen LogP contribution in [-0.4, -0.2) is 10.9 Å². The molecule has 4 heteroatoms. The van der Waals surface area contributed by atoms with Crippen molar-refractivity contribution in [2.45, 2.75) is 27.7 Å². The maximum Gasteiger partial charge on any atom is 0.273 e. The van der Waals surface area contributed by atoms with Crippen LogP contribution in [0, 0.1) is 27.7 Å². The highest BCUT2D eigenvalue weighted by Crippen LogP contribution is 2.14. The van der Waals surface area contributed by atoms with Gasteiger partial charge in [-0.15, -0.1) is 0 Å². The van der Waals surface area contributed by atoms with Gasteiger partial charge in [0.2, 0.25) is 0 Å². The monoisotopic (exact) mass is 269 g/mol. The molecule has 0 spiro atoms. The zero-order chi connectivity index (χ0) is 14.9. The van der Waals surface area contributed by atoms with E-state index in [-0.39, 0.29) is 5.56 Å². The van der Waals surface area contributed by atoms with Crippen molar-refractivity contribution in [3.05, 3.63) is 62.4 Å². The molecule has 0 fully saturated rings. The molecular formula is C16H19N3O. The molecule has 20 heavy (non-hydrogen) atoms. The molecule has 1 heterocycles. The van der Waals surface area contributed by atoms with Crippen molar-refractivity contribution in [1.82, 2.24) is 4.68 Å². The summed E-state index contributed by atoms with van der Waals surface area (Å²) in [7, 11) is 0. The van der Waals surface area contributed by atoms with Crippen LogP contribution in [0.15, 0.2) is 34.2 Å². The van der Waals surface area contributed by atoms with E-state index in [9.17, 15) is 4.79 Å². The summed E-state index contributed by atoms with van der Waals surface area (Å²) in [5.74, 6) is 0.341. The van der Waals surface area contributed by atoms with Crippen molar-refractivity contribution >= 4 is 12.0 Å². The van der Waals surface area contributed by atoms with E-state index < -0.39 is 0 Å². The van der Waals surface area contributed by atoms with Gasteiger partial charge in [-0.3, -0.25) is 4.79 Å². The minimum Gasteiger partial charge on any atom is -0.384 e. The molecular weight excluding hydrogens is 250 g/mol. The number of benzene rings is 1. The highest BCUT2D eigenvalue weighted by molar-refractivity contribution is 5.83. The van der Waals surface area contributed by atoms with Crippen molar-refractivity contribution in [2.24, 2.45) is 5.10 Å². The molecule has 0 atom stereocenters. The summed E-state index contributed by atoms with van der Waals surface area (Å²) >= 11 is 0. The third-order valence-electron chi connectivity index (χ3n) is 3.22. The third kappa shape index (κ3) is 2.79. The maximum atomic E-state index is 11.9. The number of aromatic nitrogens is 1. The Balaban J connectivity index is 2.48. The molecule has 0 bridgehead atoms. The normalized spacial score (nSPS) is 11.2. The Morgan fingerprint density at radius 3 is 2.10 bits per heavy atom. The van der Waals surface area contributed by atoms with Gasteiger partial charge >= 0.3 is 0 Å². The second kappa shape index (κ2) is 5.33. The zero-order valence-corrected chi connectivity index (χ0v) is 12.3. The number of nitrogen functional groups attached to an aromatic ring is 1. The number of nitrogens with zero attached hydrogens (tertiary/aromatic N) is 2. The smallest absolute Gasteiger partial charge is 0.273 e. The summed E-state index contributed by atoms with van der Waals surface area (Å²) in [6.45, 7) is 7.95. The van der Waals surface area contributed by atoms with Crippen molar-refractivity contribution in [3.63, 3.8) is 0 Å². The molecule has 0 aliphatic carbocycles. The van der Waals surface area contributed by atoms with Crippen LogP contribution in [0.25, 0.3) is 0 Å². The number of pyridine rings is 1. The lowest BCUT2D eigenvalue weighted by Gasteiger charge is -2.08. The van der Waals surface area contributed by atoms with Crippen LogP contribution in [-0.2, 0) is 0 Å². The zero-order valence-electron chi connectivity index (χ0n) is 12.3. The molecule has 0 radical (unpaired) electrons. The Morgan fingerprint density at radius 2 is 1.55 bits per heavy atom. The van der Waals surface area contributed by atoms with Gasteiger partial charge in [-0.1, -0.05) is 17.7 Å². The first kappa shape index (κ1) is 14.1. The van der Waals surface area contributed by atoms with E-state index in [0.29, 0.717) is 5.82 Å². The molecule has 0 aliphatic heterocycles. The highest BCUT2D eigenvalue weighted by Gasteiger charge is 2.03. The second-order valence-electron chi connectivity index (χ2n) is 5.16. The Kier molecular flexibility index (Phi) is 3.74. The van der Waals surface area contributed by atoms with E-state index in [1.54, 1.807) is 12.3 Å². The van der Waals surface area contributed by atoms with E-state index in [1.807, 2.05) is 20.8 Å². The van der Waals surface area contributed by atoms with Gasteiger partial charge in [0, 0.05) is 11.6 Å². The maximum absolute atomic E-state index is 11.9. The van der Waals surface area contributed by atoms with Crippen LogP contribution in [0.5, 0.6) is 0 Å². The first-order valence-electron chi connectivity index (χ1n) is 6.50. The quantitative estimate of drug-likeness (QED) is 0.852. The molecule has 0 aliphatic rings. The van der Waals surface area contributed by atoms with Crippen molar-refractivity contribution in [1.29, 1.82) is 0 Å². The lowest BCUT2D eigenvalue weighted by atomic mass is 10.0. The molecule has 0 saturated heterocycles. The van der Waals surface area contributed by atoms with E-state index in [4.69, 9.17) is 5.73 Å². The van der Waals surface area contributed by atoms with Crippen LogP contribution in [0.2, 0.25) is 0 Å². The topological polar surface area (TPSA) is 60.4 Å². The Morgan fingerprint density at radius 1 is 1.00 bits per heavy atom. The summed E-state index contributed by atoms with van der Waals surface area (Å²) in [5, 5.41) is 4.22. The number of aryl methyl sites for hydroxylation is 4. The number of nitrogens with two attached hydrogens (primary N) is 1. The first-order chi connectivity index (χ1) is 9.38. The molecule has 4 nitrogen and oxygen atoms in total. The predicted octanol–water partition coefficient (Wildman–Crippen LogP) is 2.55. The van der Waals surface area contributed by atoms with Gasteiger partial charge in [0.1, 0.15) is 5.82 Å². The van der Waals surface area contributed by atoms with Crippen LogP contribution in [0.1, 0.15) is 27.8 Å². The van der Waals surface area contributed by atoms with Crippen molar-refractivity contribution in [2.75, 3.05) is 5.73 Å². The Labute approximate surface area is 118 Å². The van der Waals surface area contributed by atoms with Crippen LogP contribution >= 0.6 is 0 Å². The van der Waals surface area contributed by atoms with Crippen LogP contribution < -0.4 is 11.3 Å². The predicted molar refractivity (Wildman–Crippen MR) is 83.5 cm³/mol. The van der Waals surface area contributed by atoms with E-state index >= 15 is 0 Å². The van der Waals surface area contributed by atoms with E-state index in [2.05, 4.69) is 24.2 Å². The number of hydrogen-bond acceptors (Lipinski definition) is 3. The average Bonchev–Trinajstić information content (AvgIpc) is 2.30. The molecule has 2 rings (SSSR count). The molecule has 2 aromatic rings. The van der Waals surface area contributed by atoms with Gasteiger partial charge < -0.3 is 5.73 Å². The fourth-order valence-electron chi connectivity index (χ4n) is 2.35. The summed E-state index contributed by atoms with van der Waals surface area (Å²) in [4.78, 5) is 11.9. The highest BCUT2D eigenvalue weighted by atomic mass is 16.1. The summed E-state index contributed by atoms with van der Waals surface area (Å²) < 4.78 is 1.21. The van der Waals surface area contributed by atoms with Crippen LogP contribution in [0.3, 0.4) is 0 Å². The summed E-state index contributed by atoms with van der Waals surface area (Å²) in [6, 6.07) is 7.43. The Bertz CT molecular complexity index is 719. The number of anilines is 1. The summed E-state index contributed by atoms with van der Waals surface area (Å²) in [5.41, 5.74) is 10.9. The first-order valence-corrected chi connectivity index (χ1v) is 6.50. The molecule has 2 N–H and O–H groups in total. The molecule has 0 unspecified atom stereocenters. The minimum atomic E-state index is -0.221. The van der Waals surface area contributed by atoms with Gasteiger partial charge in [-0.25, -0.2) is 0 Å². The lowest BCUT2D eigenvalue weighted by molar-refractivity contribution is 0.843. The Hall–Kier alpha value is -2.36. The molecule has 1 aromatic heterocycles. The van der Waals surface area contributed by atoms with Gasteiger partial charge in [0.25, 0.3) is 5.56 Å². The average molecular weight is 269 g/mol.